The molecule has 3 aromatic carbocycles. The molecular weight excluding hydrogens is 299 g/mol. The Morgan fingerprint density at radius 1 is 0.958 bits per heavy atom. The Morgan fingerprint density at radius 3 is 2.38 bits per heavy atom. The van der Waals surface area contributed by atoms with E-state index in [1.165, 1.54) is 12.1 Å². The van der Waals surface area contributed by atoms with E-state index in [9.17, 15) is 14.9 Å². The maximum atomic E-state index is 13.7. The molecule has 0 saturated carbocycles. The first kappa shape index (κ1) is 15.7. The van der Waals surface area contributed by atoms with Crippen LogP contribution in [0.2, 0.25) is 0 Å². The minimum atomic E-state index is -0.369. The number of benzene rings is 3. The Morgan fingerprint density at radius 2 is 1.75 bits per heavy atom. The van der Waals surface area contributed by atoms with Gasteiger partial charge in [-0.15, -0.1) is 0 Å². The summed E-state index contributed by atoms with van der Waals surface area (Å²) in [6.07, 6.45) is 0. The molecule has 0 saturated heterocycles. The zero-order chi connectivity index (χ0) is 17.3. The largest absolute Gasteiger partial charge is 0.207 e. The summed E-state index contributed by atoms with van der Waals surface area (Å²) < 4.78 is 13.7. The Labute approximate surface area is 140 Å². The Hall–Kier alpha value is -3.17. The lowest BCUT2D eigenvalue weighted by Gasteiger charge is -2.14. The molecular formula is C21H15FN2. The van der Waals surface area contributed by atoms with Crippen molar-refractivity contribution in [3.8, 4) is 23.3 Å². The van der Waals surface area contributed by atoms with Crippen molar-refractivity contribution in [3.63, 3.8) is 0 Å². The van der Waals surface area contributed by atoms with Gasteiger partial charge in [0, 0.05) is 5.56 Å². The lowest BCUT2D eigenvalue weighted by atomic mass is 9.88. The van der Waals surface area contributed by atoms with Crippen LogP contribution < -0.4 is 0 Å². The molecule has 0 unspecified atom stereocenters. The molecule has 0 spiro atoms. The first-order valence-electron chi connectivity index (χ1n) is 7.72. The van der Waals surface area contributed by atoms with E-state index >= 15 is 0 Å². The molecule has 0 atom stereocenters. The summed E-state index contributed by atoms with van der Waals surface area (Å²) in [5.74, 6) is -0.0390. The summed E-state index contributed by atoms with van der Waals surface area (Å²) in [5, 5.41) is 20.7. The van der Waals surface area contributed by atoms with Crippen LogP contribution in [0.25, 0.3) is 21.9 Å². The molecule has 0 aromatic heterocycles. The molecule has 0 aliphatic carbocycles. The van der Waals surface area contributed by atoms with Crippen molar-refractivity contribution in [2.45, 2.75) is 19.8 Å². The number of nitriles is 2. The molecule has 116 valence electrons. The van der Waals surface area contributed by atoms with Crippen LogP contribution in [-0.2, 0) is 0 Å². The van der Waals surface area contributed by atoms with Crippen molar-refractivity contribution < 1.29 is 4.39 Å². The third kappa shape index (κ3) is 2.62. The topological polar surface area (TPSA) is 47.6 Å². The summed E-state index contributed by atoms with van der Waals surface area (Å²) in [7, 11) is 0. The molecule has 3 rings (SSSR count). The molecule has 24 heavy (non-hydrogen) atoms. The van der Waals surface area contributed by atoms with Crippen LogP contribution in [0.3, 0.4) is 0 Å². The van der Waals surface area contributed by atoms with Crippen LogP contribution >= 0.6 is 0 Å². The van der Waals surface area contributed by atoms with E-state index in [4.69, 9.17) is 0 Å². The molecule has 0 heterocycles. The van der Waals surface area contributed by atoms with E-state index in [0.717, 1.165) is 16.3 Å². The van der Waals surface area contributed by atoms with Gasteiger partial charge in [0.15, 0.2) is 0 Å². The van der Waals surface area contributed by atoms with Crippen molar-refractivity contribution in [2.24, 2.45) is 0 Å². The van der Waals surface area contributed by atoms with Gasteiger partial charge in [-0.05, 0) is 46.0 Å². The van der Waals surface area contributed by atoms with Gasteiger partial charge in [0.2, 0.25) is 0 Å². The first-order valence-corrected chi connectivity index (χ1v) is 7.72. The second-order valence-corrected chi connectivity index (χ2v) is 6.04. The van der Waals surface area contributed by atoms with E-state index in [-0.39, 0.29) is 11.4 Å². The molecule has 0 aliphatic heterocycles. The van der Waals surface area contributed by atoms with Crippen molar-refractivity contribution in [1.82, 2.24) is 0 Å². The quantitative estimate of drug-likeness (QED) is 0.626. The zero-order valence-electron chi connectivity index (χ0n) is 13.5. The van der Waals surface area contributed by atoms with Gasteiger partial charge in [-0.1, -0.05) is 44.2 Å². The molecule has 3 heteroatoms. The Balaban J connectivity index is 2.48. The predicted molar refractivity (Wildman–Crippen MR) is 92.9 cm³/mol. The number of hydrogen-bond donors (Lipinski definition) is 0. The fourth-order valence-electron chi connectivity index (χ4n) is 2.92. The van der Waals surface area contributed by atoms with Gasteiger partial charge in [-0.3, -0.25) is 0 Å². The average molecular weight is 314 g/mol. The highest BCUT2D eigenvalue weighted by atomic mass is 19.1. The minimum absolute atomic E-state index is 0.288. The summed E-state index contributed by atoms with van der Waals surface area (Å²) in [6.45, 7) is 4.19. The highest BCUT2D eigenvalue weighted by molar-refractivity contribution is 6.01. The van der Waals surface area contributed by atoms with Crippen LogP contribution in [0.5, 0.6) is 0 Å². The van der Waals surface area contributed by atoms with Gasteiger partial charge < -0.3 is 0 Å². The van der Waals surface area contributed by atoms with Gasteiger partial charge >= 0.3 is 0 Å². The zero-order valence-corrected chi connectivity index (χ0v) is 13.5. The normalized spacial score (nSPS) is 10.6. The number of nitrogens with zero attached hydrogens (tertiary/aromatic N) is 2. The summed E-state index contributed by atoms with van der Waals surface area (Å²) in [4.78, 5) is 0. The summed E-state index contributed by atoms with van der Waals surface area (Å²) in [6, 6.07) is 18.1. The number of halogens is 1. The maximum Gasteiger partial charge on any atom is 0.123 e. The first-order chi connectivity index (χ1) is 11.5. The highest BCUT2D eigenvalue weighted by Crippen LogP contribution is 2.36. The van der Waals surface area contributed by atoms with Crippen molar-refractivity contribution >= 4 is 10.8 Å². The van der Waals surface area contributed by atoms with Crippen molar-refractivity contribution in [2.75, 3.05) is 0 Å². The SMILES string of the molecule is CC(C)c1ccc2cc(C#N)c(C#N)c(-c3cccc(F)c3)c2c1. The summed E-state index contributed by atoms with van der Waals surface area (Å²) >= 11 is 0. The van der Waals surface area contributed by atoms with Gasteiger partial charge in [-0.25, -0.2) is 4.39 Å². The monoisotopic (exact) mass is 314 g/mol. The second-order valence-electron chi connectivity index (χ2n) is 6.04. The molecule has 2 nitrogen and oxygen atoms in total. The Kier molecular flexibility index (Phi) is 4.02. The van der Waals surface area contributed by atoms with Crippen LogP contribution in [0.4, 0.5) is 4.39 Å². The fourth-order valence-corrected chi connectivity index (χ4v) is 2.92. The van der Waals surface area contributed by atoms with Gasteiger partial charge in [-0.2, -0.15) is 10.5 Å². The van der Waals surface area contributed by atoms with Gasteiger partial charge in [0.25, 0.3) is 0 Å². The van der Waals surface area contributed by atoms with Gasteiger partial charge in [0.1, 0.15) is 18.0 Å². The molecule has 0 aliphatic rings. The maximum absolute atomic E-state index is 13.7. The lowest BCUT2D eigenvalue weighted by molar-refractivity contribution is 0.628. The standard InChI is InChI=1S/C21H15FN2/c1-13(2)14-6-7-15-8-17(11-23)20(12-24)21(19(15)10-14)16-4-3-5-18(22)9-16/h3-10,13H,1-2H3. The third-order valence-electron chi connectivity index (χ3n) is 4.18. The van der Waals surface area contributed by atoms with E-state index in [0.29, 0.717) is 22.6 Å². The van der Waals surface area contributed by atoms with Crippen LogP contribution in [0.1, 0.15) is 36.5 Å². The molecule has 3 aromatic rings. The molecule has 0 bridgehead atoms. The van der Waals surface area contributed by atoms with Crippen molar-refractivity contribution in [3.05, 3.63) is 71.0 Å². The predicted octanol–water partition coefficient (Wildman–Crippen LogP) is 5.51. The van der Waals surface area contributed by atoms with Crippen molar-refractivity contribution in [1.29, 1.82) is 10.5 Å². The fraction of sp³-hybridized carbons (Fsp3) is 0.143. The minimum Gasteiger partial charge on any atom is -0.207 e. The second kappa shape index (κ2) is 6.14. The molecule has 0 N–H and O–H groups in total. The van der Waals surface area contributed by atoms with E-state index in [1.807, 2.05) is 18.2 Å². The van der Waals surface area contributed by atoms with E-state index in [1.54, 1.807) is 18.2 Å². The van der Waals surface area contributed by atoms with E-state index < -0.39 is 0 Å². The summed E-state index contributed by atoms with van der Waals surface area (Å²) in [5.41, 5.74) is 2.95. The highest BCUT2D eigenvalue weighted by Gasteiger charge is 2.16. The molecule has 0 radical (unpaired) electrons. The van der Waals surface area contributed by atoms with Crippen LogP contribution in [0.15, 0.2) is 48.5 Å². The molecule has 0 amide bonds. The number of hydrogen-bond acceptors (Lipinski definition) is 2. The molecule has 0 fully saturated rings. The third-order valence-corrected chi connectivity index (χ3v) is 4.18. The average Bonchev–Trinajstić information content (AvgIpc) is 2.59. The van der Waals surface area contributed by atoms with Crippen LogP contribution in [0, 0.1) is 28.5 Å². The lowest BCUT2D eigenvalue weighted by Crippen LogP contribution is -1.95. The number of rotatable bonds is 2. The smallest absolute Gasteiger partial charge is 0.123 e. The Bertz CT molecular complexity index is 1020. The van der Waals surface area contributed by atoms with Gasteiger partial charge in [0.05, 0.1) is 11.1 Å². The van der Waals surface area contributed by atoms with Crippen LogP contribution in [-0.4, -0.2) is 0 Å². The van der Waals surface area contributed by atoms with E-state index in [2.05, 4.69) is 26.0 Å². The number of fused-ring (bicyclic) bond motifs is 1.